The van der Waals surface area contributed by atoms with Crippen molar-refractivity contribution < 1.29 is 23.5 Å². The molecule has 2 aromatic carbocycles. The first-order valence-electron chi connectivity index (χ1n) is 9.35. The van der Waals surface area contributed by atoms with Crippen molar-refractivity contribution in [2.24, 2.45) is 5.92 Å². The summed E-state index contributed by atoms with van der Waals surface area (Å²) in [4.78, 5) is 25.4. The van der Waals surface area contributed by atoms with Crippen molar-refractivity contribution in [1.82, 2.24) is 10.6 Å². The van der Waals surface area contributed by atoms with E-state index in [1.165, 1.54) is 24.3 Å². The highest BCUT2D eigenvalue weighted by Crippen LogP contribution is 2.29. The van der Waals surface area contributed by atoms with E-state index < -0.39 is 17.8 Å². The van der Waals surface area contributed by atoms with Gasteiger partial charge in [0, 0.05) is 11.1 Å². The summed E-state index contributed by atoms with van der Waals surface area (Å²) < 4.78 is 23.7. The Labute approximate surface area is 170 Å². The minimum atomic E-state index is -0.758. The Kier molecular flexibility index (Phi) is 7.59. The number of nitrogens with one attached hydrogen (secondary N) is 2. The highest BCUT2D eigenvalue weighted by Gasteiger charge is 2.27. The van der Waals surface area contributed by atoms with E-state index in [1.807, 2.05) is 20.8 Å². The predicted octanol–water partition coefficient (Wildman–Crippen LogP) is 3.47. The average Bonchev–Trinajstić information content (AvgIpc) is 2.71. The van der Waals surface area contributed by atoms with Crippen LogP contribution in [-0.2, 0) is 4.79 Å². The fourth-order valence-electron chi connectivity index (χ4n) is 2.92. The summed E-state index contributed by atoms with van der Waals surface area (Å²) in [6, 6.07) is 9.37. The Morgan fingerprint density at radius 3 is 2.14 bits per heavy atom. The molecule has 0 aliphatic heterocycles. The van der Waals surface area contributed by atoms with E-state index in [-0.39, 0.29) is 23.4 Å². The monoisotopic (exact) mass is 402 g/mol. The van der Waals surface area contributed by atoms with Crippen LogP contribution in [0.3, 0.4) is 0 Å². The second-order valence-electron chi connectivity index (χ2n) is 7.04. The van der Waals surface area contributed by atoms with Gasteiger partial charge in [-0.2, -0.15) is 0 Å². The van der Waals surface area contributed by atoms with Crippen LogP contribution in [-0.4, -0.2) is 32.1 Å². The van der Waals surface area contributed by atoms with Crippen molar-refractivity contribution in [3.8, 4) is 11.5 Å². The topological polar surface area (TPSA) is 76.7 Å². The standard InChI is InChI=1S/C22H27FN2O4/c1-13(2)20(25-21(26)15-6-8-16(23)9-7-15)22(27)24-14(3)18-12-17(28-4)10-11-19(18)29-5/h6-14,20H,1-5H3,(H,24,27)(H,25,26)/t14?,20-/m0/s1. The number of carbonyl (C=O) groups is 2. The van der Waals surface area contributed by atoms with Gasteiger partial charge in [0.2, 0.25) is 5.91 Å². The fourth-order valence-corrected chi connectivity index (χ4v) is 2.92. The van der Waals surface area contributed by atoms with Crippen LogP contribution < -0.4 is 20.1 Å². The minimum Gasteiger partial charge on any atom is -0.497 e. The molecule has 0 bridgehead atoms. The van der Waals surface area contributed by atoms with Gasteiger partial charge in [0.25, 0.3) is 5.91 Å². The molecule has 0 saturated carbocycles. The maximum absolute atomic E-state index is 13.1. The summed E-state index contributed by atoms with van der Waals surface area (Å²) in [5.74, 6) is -0.0835. The average molecular weight is 402 g/mol. The Balaban J connectivity index is 2.15. The lowest BCUT2D eigenvalue weighted by atomic mass is 10.0. The van der Waals surface area contributed by atoms with Gasteiger partial charge in [-0.1, -0.05) is 13.8 Å². The van der Waals surface area contributed by atoms with Crippen molar-refractivity contribution in [3.63, 3.8) is 0 Å². The largest absolute Gasteiger partial charge is 0.497 e. The molecule has 0 saturated heterocycles. The molecule has 2 N–H and O–H groups in total. The highest BCUT2D eigenvalue weighted by molar-refractivity contribution is 5.97. The molecule has 0 spiro atoms. The van der Waals surface area contributed by atoms with Gasteiger partial charge in [-0.3, -0.25) is 9.59 Å². The maximum atomic E-state index is 13.1. The van der Waals surface area contributed by atoms with Gasteiger partial charge >= 0.3 is 0 Å². The molecule has 6 nitrogen and oxygen atoms in total. The first kappa shape index (κ1) is 22.2. The van der Waals surface area contributed by atoms with Gasteiger partial charge in [0.15, 0.2) is 0 Å². The van der Waals surface area contributed by atoms with Crippen LogP contribution >= 0.6 is 0 Å². The van der Waals surface area contributed by atoms with Crippen molar-refractivity contribution in [2.45, 2.75) is 32.9 Å². The number of ether oxygens (including phenoxy) is 2. The molecule has 0 fully saturated rings. The van der Waals surface area contributed by atoms with Crippen LogP contribution in [0.25, 0.3) is 0 Å². The van der Waals surface area contributed by atoms with E-state index in [4.69, 9.17) is 9.47 Å². The third-order valence-electron chi connectivity index (χ3n) is 4.60. The van der Waals surface area contributed by atoms with Crippen LogP contribution in [0.2, 0.25) is 0 Å². The zero-order valence-electron chi connectivity index (χ0n) is 17.3. The van der Waals surface area contributed by atoms with Crippen molar-refractivity contribution >= 4 is 11.8 Å². The number of amides is 2. The van der Waals surface area contributed by atoms with Gasteiger partial charge in [-0.25, -0.2) is 4.39 Å². The summed E-state index contributed by atoms with van der Waals surface area (Å²) >= 11 is 0. The summed E-state index contributed by atoms with van der Waals surface area (Å²) in [6.45, 7) is 5.51. The van der Waals surface area contributed by atoms with E-state index in [2.05, 4.69) is 10.6 Å². The Morgan fingerprint density at radius 2 is 1.59 bits per heavy atom. The molecule has 7 heteroatoms. The summed E-state index contributed by atoms with van der Waals surface area (Å²) in [5.41, 5.74) is 1.04. The molecule has 0 heterocycles. The molecule has 0 aliphatic carbocycles. The molecular formula is C22H27FN2O4. The van der Waals surface area contributed by atoms with Gasteiger partial charge in [0.1, 0.15) is 23.4 Å². The number of methoxy groups -OCH3 is 2. The molecule has 0 aliphatic rings. The number of benzene rings is 2. The van der Waals surface area contributed by atoms with Crippen LogP contribution in [0.4, 0.5) is 4.39 Å². The molecule has 2 atom stereocenters. The SMILES string of the molecule is COc1ccc(OC)c(C(C)NC(=O)[C@@H](NC(=O)c2ccc(F)cc2)C(C)C)c1. The van der Waals surface area contributed by atoms with E-state index >= 15 is 0 Å². The van der Waals surface area contributed by atoms with Gasteiger partial charge in [-0.15, -0.1) is 0 Å². The fraction of sp³-hybridized carbons (Fsp3) is 0.364. The molecule has 0 radical (unpaired) electrons. The minimum absolute atomic E-state index is 0.154. The lowest BCUT2D eigenvalue weighted by Crippen LogP contribution is -2.50. The quantitative estimate of drug-likeness (QED) is 0.709. The number of hydrogen-bond acceptors (Lipinski definition) is 4. The third kappa shape index (κ3) is 5.70. The first-order valence-corrected chi connectivity index (χ1v) is 9.35. The van der Waals surface area contributed by atoms with E-state index in [1.54, 1.807) is 32.4 Å². The Bertz CT molecular complexity index is 852. The molecule has 29 heavy (non-hydrogen) atoms. The highest BCUT2D eigenvalue weighted by atomic mass is 19.1. The zero-order valence-corrected chi connectivity index (χ0v) is 17.3. The number of carbonyl (C=O) groups excluding carboxylic acids is 2. The molecular weight excluding hydrogens is 375 g/mol. The lowest BCUT2D eigenvalue weighted by Gasteiger charge is -2.25. The molecule has 2 rings (SSSR count). The molecule has 2 aromatic rings. The molecule has 156 valence electrons. The second-order valence-corrected chi connectivity index (χ2v) is 7.04. The number of halogens is 1. The molecule has 2 amide bonds. The summed E-state index contributed by atoms with van der Waals surface area (Å²) in [6.07, 6.45) is 0. The van der Waals surface area contributed by atoms with E-state index in [0.717, 1.165) is 5.56 Å². The first-order chi connectivity index (χ1) is 13.8. The molecule has 1 unspecified atom stereocenters. The van der Waals surface area contributed by atoms with Crippen molar-refractivity contribution in [1.29, 1.82) is 0 Å². The van der Waals surface area contributed by atoms with Crippen LogP contribution in [0.15, 0.2) is 42.5 Å². The smallest absolute Gasteiger partial charge is 0.251 e. The maximum Gasteiger partial charge on any atom is 0.251 e. The van der Waals surface area contributed by atoms with Crippen LogP contribution in [0, 0.1) is 11.7 Å². The van der Waals surface area contributed by atoms with Crippen LogP contribution in [0.1, 0.15) is 42.7 Å². The van der Waals surface area contributed by atoms with Crippen molar-refractivity contribution in [3.05, 3.63) is 59.4 Å². The van der Waals surface area contributed by atoms with Gasteiger partial charge < -0.3 is 20.1 Å². The third-order valence-corrected chi connectivity index (χ3v) is 4.60. The predicted molar refractivity (Wildman–Crippen MR) is 109 cm³/mol. The van der Waals surface area contributed by atoms with E-state index in [9.17, 15) is 14.0 Å². The number of rotatable bonds is 8. The number of hydrogen-bond donors (Lipinski definition) is 2. The van der Waals surface area contributed by atoms with E-state index in [0.29, 0.717) is 11.5 Å². The molecule has 0 aromatic heterocycles. The van der Waals surface area contributed by atoms with Crippen molar-refractivity contribution in [2.75, 3.05) is 14.2 Å². The normalized spacial score (nSPS) is 12.8. The van der Waals surface area contributed by atoms with Gasteiger partial charge in [-0.05, 0) is 55.3 Å². The van der Waals surface area contributed by atoms with Crippen LogP contribution in [0.5, 0.6) is 11.5 Å². The zero-order chi connectivity index (χ0) is 21.6. The summed E-state index contributed by atoms with van der Waals surface area (Å²) in [7, 11) is 3.12. The second kappa shape index (κ2) is 9.91. The van der Waals surface area contributed by atoms with Gasteiger partial charge in [0.05, 0.1) is 20.3 Å². The Hall–Kier alpha value is -3.09. The summed E-state index contributed by atoms with van der Waals surface area (Å²) in [5, 5.41) is 5.65. The Morgan fingerprint density at radius 1 is 0.931 bits per heavy atom. The lowest BCUT2D eigenvalue weighted by molar-refractivity contribution is -0.124.